The molecular weight excluding hydrogens is 272 g/mol. The van der Waals surface area contributed by atoms with Crippen LogP contribution in [0.2, 0.25) is 0 Å². The maximum atomic E-state index is 8.78. The fraction of sp³-hybridized carbons (Fsp3) is 0.385. The first-order valence-corrected chi connectivity index (χ1v) is 7.08. The van der Waals surface area contributed by atoms with Gasteiger partial charge >= 0.3 is 0 Å². The number of pyridine rings is 1. The third-order valence-electron chi connectivity index (χ3n) is 2.82. The highest BCUT2D eigenvalue weighted by Crippen LogP contribution is 2.19. The van der Waals surface area contributed by atoms with Gasteiger partial charge in [-0.15, -0.1) is 5.10 Å². The maximum absolute atomic E-state index is 8.78. The Kier molecular flexibility index (Phi) is 5.41. The van der Waals surface area contributed by atoms with Crippen LogP contribution in [0.15, 0.2) is 24.5 Å². The largest absolute Gasteiger partial charge is 0.377 e. The molecule has 0 radical (unpaired) electrons. The van der Waals surface area contributed by atoms with Crippen LogP contribution in [0.4, 0.5) is 5.00 Å². The van der Waals surface area contributed by atoms with Gasteiger partial charge in [0.15, 0.2) is 0 Å². The highest BCUT2D eigenvalue weighted by atomic mass is 32.1. The summed E-state index contributed by atoms with van der Waals surface area (Å²) in [4.78, 5) is 6.30. The third-order valence-corrected chi connectivity index (χ3v) is 3.61. The number of hydrogen-bond donors (Lipinski definition) is 1. The Bertz CT molecular complexity index is 562. The van der Waals surface area contributed by atoms with Gasteiger partial charge in [-0.1, -0.05) is 10.6 Å². The Balaban J connectivity index is 2.05. The molecule has 0 amide bonds. The fourth-order valence-electron chi connectivity index (χ4n) is 1.89. The molecule has 0 aliphatic heterocycles. The first-order chi connectivity index (χ1) is 9.83. The normalized spacial score (nSPS) is 10.4. The molecule has 7 heteroatoms. The molecule has 0 saturated heterocycles. The zero-order valence-electron chi connectivity index (χ0n) is 11.3. The van der Waals surface area contributed by atoms with Crippen molar-refractivity contribution >= 4 is 16.5 Å². The second-order valence-electron chi connectivity index (χ2n) is 4.28. The SMILES string of the molecule is CNc1snnc1CN(CCC#N)Cc1cccnc1. The molecule has 0 atom stereocenters. The van der Waals surface area contributed by atoms with E-state index in [0.717, 1.165) is 22.8 Å². The molecule has 0 aliphatic rings. The van der Waals surface area contributed by atoms with Crippen molar-refractivity contribution in [2.45, 2.75) is 19.5 Å². The number of rotatable bonds is 7. The monoisotopic (exact) mass is 288 g/mol. The lowest BCUT2D eigenvalue weighted by atomic mass is 10.2. The number of aromatic nitrogens is 3. The maximum Gasteiger partial charge on any atom is 0.134 e. The lowest BCUT2D eigenvalue weighted by molar-refractivity contribution is 0.260. The first kappa shape index (κ1) is 14.4. The van der Waals surface area contributed by atoms with Gasteiger partial charge in [0.05, 0.1) is 6.07 Å². The lowest BCUT2D eigenvalue weighted by Crippen LogP contribution is -2.24. The number of nitriles is 1. The summed E-state index contributed by atoms with van der Waals surface area (Å²) in [6.45, 7) is 2.12. The summed E-state index contributed by atoms with van der Waals surface area (Å²) in [6, 6.07) is 6.14. The van der Waals surface area contributed by atoms with Crippen LogP contribution in [0.3, 0.4) is 0 Å². The van der Waals surface area contributed by atoms with Gasteiger partial charge in [0.2, 0.25) is 0 Å². The average molecular weight is 288 g/mol. The van der Waals surface area contributed by atoms with Crippen molar-refractivity contribution in [2.75, 3.05) is 18.9 Å². The molecule has 0 spiro atoms. The van der Waals surface area contributed by atoms with Gasteiger partial charge < -0.3 is 5.32 Å². The quantitative estimate of drug-likeness (QED) is 0.838. The minimum absolute atomic E-state index is 0.493. The van der Waals surface area contributed by atoms with E-state index < -0.39 is 0 Å². The molecule has 6 nitrogen and oxygen atoms in total. The minimum atomic E-state index is 0.493. The van der Waals surface area contributed by atoms with E-state index in [0.29, 0.717) is 19.5 Å². The van der Waals surface area contributed by atoms with Crippen molar-refractivity contribution in [2.24, 2.45) is 0 Å². The Labute approximate surface area is 122 Å². The molecule has 2 aromatic heterocycles. The Morgan fingerprint density at radius 3 is 3.05 bits per heavy atom. The second-order valence-corrected chi connectivity index (χ2v) is 5.03. The van der Waals surface area contributed by atoms with Crippen molar-refractivity contribution in [3.05, 3.63) is 35.8 Å². The van der Waals surface area contributed by atoms with E-state index in [9.17, 15) is 0 Å². The van der Waals surface area contributed by atoms with Gasteiger partial charge in [-0.2, -0.15) is 5.26 Å². The first-order valence-electron chi connectivity index (χ1n) is 6.30. The predicted octanol–water partition coefficient (Wildman–Crippen LogP) is 1.89. The highest BCUT2D eigenvalue weighted by Gasteiger charge is 2.12. The van der Waals surface area contributed by atoms with E-state index in [1.54, 1.807) is 6.20 Å². The standard InChI is InChI=1S/C13H16N6S/c1-15-13-12(17-18-20-13)10-19(7-3-5-14)9-11-4-2-6-16-8-11/h2,4,6,8,15H,3,7,9-10H2,1H3. The molecule has 0 fully saturated rings. The molecule has 2 aromatic rings. The van der Waals surface area contributed by atoms with Crippen LogP contribution in [-0.4, -0.2) is 33.1 Å². The Hall–Kier alpha value is -2.04. The van der Waals surface area contributed by atoms with Gasteiger partial charge in [-0.3, -0.25) is 9.88 Å². The topological polar surface area (TPSA) is 77.7 Å². The predicted molar refractivity (Wildman–Crippen MR) is 78.0 cm³/mol. The van der Waals surface area contributed by atoms with Crippen molar-refractivity contribution in [3.63, 3.8) is 0 Å². The van der Waals surface area contributed by atoms with E-state index in [1.165, 1.54) is 11.5 Å². The second kappa shape index (κ2) is 7.53. The zero-order chi connectivity index (χ0) is 14.2. The Morgan fingerprint density at radius 1 is 1.45 bits per heavy atom. The Morgan fingerprint density at radius 2 is 2.35 bits per heavy atom. The summed E-state index contributed by atoms with van der Waals surface area (Å²) < 4.78 is 3.96. The molecule has 2 rings (SSSR count). The van der Waals surface area contributed by atoms with Crippen LogP contribution in [0.1, 0.15) is 17.7 Å². The molecular formula is C13H16N6S. The van der Waals surface area contributed by atoms with Crippen molar-refractivity contribution in [3.8, 4) is 6.07 Å². The van der Waals surface area contributed by atoms with E-state index in [-0.39, 0.29) is 0 Å². The van der Waals surface area contributed by atoms with Crippen LogP contribution in [-0.2, 0) is 13.1 Å². The van der Waals surface area contributed by atoms with Crippen molar-refractivity contribution in [1.82, 2.24) is 19.5 Å². The van der Waals surface area contributed by atoms with Gasteiger partial charge in [-0.05, 0) is 11.6 Å². The van der Waals surface area contributed by atoms with Gasteiger partial charge in [0, 0.05) is 57.0 Å². The van der Waals surface area contributed by atoms with Gasteiger partial charge in [-0.25, -0.2) is 0 Å². The number of nitrogens with zero attached hydrogens (tertiary/aromatic N) is 5. The summed E-state index contributed by atoms with van der Waals surface area (Å²) in [5.74, 6) is 0. The molecule has 104 valence electrons. The van der Waals surface area contributed by atoms with Crippen LogP contribution >= 0.6 is 11.5 Å². The van der Waals surface area contributed by atoms with Gasteiger partial charge in [0.25, 0.3) is 0 Å². The summed E-state index contributed by atoms with van der Waals surface area (Å²) in [5.41, 5.74) is 2.04. The molecule has 0 saturated carbocycles. The highest BCUT2D eigenvalue weighted by molar-refractivity contribution is 7.10. The van der Waals surface area contributed by atoms with Crippen LogP contribution in [0, 0.1) is 11.3 Å². The number of anilines is 1. The smallest absolute Gasteiger partial charge is 0.134 e. The lowest BCUT2D eigenvalue weighted by Gasteiger charge is -2.20. The zero-order valence-corrected chi connectivity index (χ0v) is 12.1. The van der Waals surface area contributed by atoms with Crippen molar-refractivity contribution in [1.29, 1.82) is 5.26 Å². The number of nitrogens with one attached hydrogen (secondary N) is 1. The molecule has 0 bridgehead atoms. The van der Waals surface area contributed by atoms with Crippen molar-refractivity contribution < 1.29 is 0 Å². The summed E-state index contributed by atoms with van der Waals surface area (Å²) in [5, 5.41) is 17.0. The summed E-state index contributed by atoms with van der Waals surface area (Å²) >= 11 is 1.35. The van der Waals surface area contributed by atoms with Crippen LogP contribution in [0.25, 0.3) is 0 Å². The average Bonchev–Trinajstić information content (AvgIpc) is 2.93. The fourth-order valence-corrected chi connectivity index (χ4v) is 2.41. The van der Waals surface area contributed by atoms with E-state index in [2.05, 4.69) is 30.9 Å². The third kappa shape index (κ3) is 3.98. The molecule has 0 aliphatic carbocycles. The van der Waals surface area contributed by atoms with E-state index in [4.69, 9.17) is 5.26 Å². The molecule has 0 unspecified atom stereocenters. The summed E-state index contributed by atoms with van der Waals surface area (Å²) in [6.07, 6.45) is 4.09. The summed E-state index contributed by atoms with van der Waals surface area (Å²) in [7, 11) is 1.86. The molecule has 0 aromatic carbocycles. The van der Waals surface area contributed by atoms with E-state index >= 15 is 0 Å². The van der Waals surface area contributed by atoms with Crippen LogP contribution in [0.5, 0.6) is 0 Å². The molecule has 2 heterocycles. The minimum Gasteiger partial charge on any atom is -0.377 e. The van der Waals surface area contributed by atoms with Gasteiger partial charge in [0.1, 0.15) is 10.7 Å². The van der Waals surface area contributed by atoms with Crippen LogP contribution < -0.4 is 5.32 Å². The molecule has 20 heavy (non-hydrogen) atoms. The van der Waals surface area contributed by atoms with E-state index in [1.807, 2.05) is 25.4 Å². The number of hydrogen-bond acceptors (Lipinski definition) is 7. The molecule has 1 N–H and O–H groups in total.